The van der Waals surface area contributed by atoms with Gasteiger partial charge < -0.3 is 23.2 Å². The zero-order valence-electron chi connectivity index (χ0n) is 16.8. The first-order chi connectivity index (χ1) is 11.2. The van der Waals surface area contributed by atoms with Crippen molar-refractivity contribution in [2.24, 2.45) is 0 Å². The molecule has 2 unspecified atom stereocenters. The van der Waals surface area contributed by atoms with Crippen LogP contribution >= 0.6 is 0 Å². The standard InChI is InChI=1S/C16H36O6Si3/c1-9-15(19)20-16(2,14(18)13-17)11-10-12-23(21-24(3,4)5)22-25(6,7)8/h9,14,17-18,23H,1,10-13H2,2-8H3. The van der Waals surface area contributed by atoms with Crippen LogP contribution in [0.1, 0.15) is 19.8 Å². The maximum absolute atomic E-state index is 11.6. The predicted molar refractivity (Wildman–Crippen MR) is 108 cm³/mol. The lowest BCUT2D eigenvalue weighted by Gasteiger charge is -2.34. The zero-order valence-corrected chi connectivity index (χ0v) is 19.9. The quantitative estimate of drug-likeness (QED) is 0.293. The second kappa shape index (κ2) is 10.1. The van der Waals surface area contributed by atoms with Gasteiger partial charge in [-0.3, -0.25) is 0 Å². The molecule has 0 aliphatic rings. The normalized spacial score (nSPS) is 16.4. The van der Waals surface area contributed by atoms with Gasteiger partial charge in [-0.05, 0) is 65.1 Å². The molecule has 6 nitrogen and oxygen atoms in total. The van der Waals surface area contributed by atoms with Gasteiger partial charge in [0.05, 0.1) is 6.61 Å². The van der Waals surface area contributed by atoms with Gasteiger partial charge in [0.2, 0.25) is 0 Å². The summed E-state index contributed by atoms with van der Waals surface area (Å²) in [5, 5.41) is 19.3. The molecule has 2 atom stereocenters. The van der Waals surface area contributed by atoms with E-state index in [1.54, 1.807) is 6.92 Å². The molecule has 0 aromatic rings. The number of aliphatic hydroxyl groups excluding tert-OH is 2. The van der Waals surface area contributed by atoms with Gasteiger partial charge in [-0.25, -0.2) is 4.79 Å². The summed E-state index contributed by atoms with van der Waals surface area (Å²) in [6.07, 6.45) is 1.02. The molecular formula is C16H36O6Si3. The topological polar surface area (TPSA) is 85.2 Å². The second-order valence-corrected chi connectivity index (χ2v) is 20.2. The Kier molecular flexibility index (Phi) is 10.0. The Labute approximate surface area is 156 Å². The van der Waals surface area contributed by atoms with Crippen LogP contribution in [0.25, 0.3) is 0 Å². The van der Waals surface area contributed by atoms with Crippen molar-refractivity contribution in [2.45, 2.75) is 76.8 Å². The molecule has 9 heteroatoms. The minimum absolute atomic E-state index is 0.419. The summed E-state index contributed by atoms with van der Waals surface area (Å²) in [6.45, 7) is 17.4. The van der Waals surface area contributed by atoms with E-state index in [0.29, 0.717) is 12.8 Å². The fraction of sp³-hybridized carbons (Fsp3) is 0.812. The molecule has 2 N–H and O–H groups in total. The summed E-state index contributed by atoms with van der Waals surface area (Å²) in [4.78, 5) is 11.6. The Bertz CT molecular complexity index is 417. The Morgan fingerprint density at radius 2 is 1.68 bits per heavy atom. The van der Waals surface area contributed by atoms with Crippen LogP contribution in [0.15, 0.2) is 12.7 Å². The van der Waals surface area contributed by atoms with E-state index in [2.05, 4.69) is 45.9 Å². The number of aliphatic hydroxyl groups is 2. The van der Waals surface area contributed by atoms with E-state index in [0.717, 1.165) is 12.1 Å². The molecule has 25 heavy (non-hydrogen) atoms. The van der Waals surface area contributed by atoms with Crippen LogP contribution in [0.4, 0.5) is 0 Å². The van der Waals surface area contributed by atoms with Gasteiger partial charge >= 0.3 is 15.3 Å². The summed E-state index contributed by atoms with van der Waals surface area (Å²) in [5.41, 5.74) is -1.16. The summed E-state index contributed by atoms with van der Waals surface area (Å²) >= 11 is 0. The van der Waals surface area contributed by atoms with Crippen LogP contribution in [0.3, 0.4) is 0 Å². The minimum Gasteiger partial charge on any atom is -0.453 e. The number of carbonyl (C=O) groups is 1. The first-order valence-electron chi connectivity index (χ1n) is 8.72. The highest BCUT2D eigenvalue weighted by molar-refractivity contribution is 6.81. The van der Waals surface area contributed by atoms with E-state index in [-0.39, 0.29) is 0 Å². The maximum Gasteiger partial charge on any atom is 0.330 e. The lowest BCUT2D eigenvalue weighted by Crippen LogP contribution is -2.46. The first-order valence-corrected chi connectivity index (χ1v) is 17.3. The summed E-state index contributed by atoms with van der Waals surface area (Å²) in [6, 6.07) is 0.772. The number of hydrogen-bond donors (Lipinski definition) is 2. The first kappa shape index (κ1) is 24.7. The van der Waals surface area contributed by atoms with Crippen LogP contribution < -0.4 is 0 Å². The third-order valence-corrected chi connectivity index (χ3v) is 12.1. The molecule has 0 heterocycles. The molecule has 0 saturated carbocycles. The van der Waals surface area contributed by atoms with Gasteiger partial charge in [0.1, 0.15) is 11.7 Å². The monoisotopic (exact) mass is 408 g/mol. The van der Waals surface area contributed by atoms with Gasteiger partial charge in [0.15, 0.2) is 16.6 Å². The molecule has 148 valence electrons. The van der Waals surface area contributed by atoms with E-state index in [1.807, 2.05) is 0 Å². The molecule has 0 radical (unpaired) electrons. The SMILES string of the molecule is C=CC(=O)OC(C)(CCC[SiH](O[Si](C)(C)C)O[Si](C)(C)C)C(O)CO. The lowest BCUT2D eigenvalue weighted by molar-refractivity contribution is -0.169. The van der Waals surface area contributed by atoms with Crippen molar-refractivity contribution in [1.29, 1.82) is 0 Å². The maximum atomic E-state index is 11.6. The smallest absolute Gasteiger partial charge is 0.330 e. The summed E-state index contributed by atoms with van der Waals surface area (Å²) < 4.78 is 17.9. The Morgan fingerprint density at radius 1 is 1.20 bits per heavy atom. The van der Waals surface area contributed by atoms with Crippen LogP contribution in [0, 0.1) is 0 Å². The molecule has 0 aliphatic carbocycles. The average molecular weight is 409 g/mol. The van der Waals surface area contributed by atoms with E-state index < -0.39 is 50.2 Å². The molecule has 0 aliphatic heterocycles. The van der Waals surface area contributed by atoms with Crippen molar-refractivity contribution in [3.05, 3.63) is 12.7 Å². The number of esters is 1. The van der Waals surface area contributed by atoms with Crippen molar-refractivity contribution in [1.82, 2.24) is 0 Å². The van der Waals surface area contributed by atoms with E-state index >= 15 is 0 Å². The molecule has 0 amide bonds. The minimum atomic E-state index is -1.84. The van der Waals surface area contributed by atoms with Crippen molar-refractivity contribution in [3.8, 4) is 0 Å². The van der Waals surface area contributed by atoms with Crippen molar-refractivity contribution in [3.63, 3.8) is 0 Å². The lowest BCUT2D eigenvalue weighted by atomic mass is 9.93. The predicted octanol–water partition coefficient (Wildman–Crippen LogP) is 2.53. The molecular weight excluding hydrogens is 372 g/mol. The summed E-state index contributed by atoms with van der Waals surface area (Å²) in [7, 11) is -5.25. The molecule has 0 aromatic carbocycles. The third-order valence-electron chi connectivity index (χ3n) is 3.46. The molecule has 0 spiro atoms. The average Bonchev–Trinajstić information content (AvgIpc) is 2.42. The van der Waals surface area contributed by atoms with E-state index in [9.17, 15) is 15.0 Å². The number of hydrogen-bond acceptors (Lipinski definition) is 6. The Hall–Kier alpha value is -0.299. The van der Waals surface area contributed by atoms with E-state index in [4.69, 9.17) is 13.0 Å². The van der Waals surface area contributed by atoms with Crippen LogP contribution in [0.5, 0.6) is 0 Å². The highest BCUT2D eigenvalue weighted by Crippen LogP contribution is 2.26. The molecule has 0 fully saturated rings. The van der Waals surface area contributed by atoms with Crippen LogP contribution in [-0.4, -0.2) is 60.4 Å². The van der Waals surface area contributed by atoms with Gasteiger partial charge in [-0.2, -0.15) is 0 Å². The third kappa shape index (κ3) is 11.1. The van der Waals surface area contributed by atoms with Crippen molar-refractivity contribution >= 4 is 31.9 Å². The Morgan fingerprint density at radius 3 is 2.04 bits per heavy atom. The van der Waals surface area contributed by atoms with Gasteiger partial charge in [0, 0.05) is 6.08 Å². The Balaban J connectivity index is 4.92. The largest absolute Gasteiger partial charge is 0.453 e. The fourth-order valence-corrected chi connectivity index (χ4v) is 10.7. The second-order valence-electron chi connectivity index (χ2n) is 8.42. The number of rotatable bonds is 12. The zero-order chi connectivity index (χ0) is 19.9. The van der Waals surface area contributed by atoms with Crippen molar-refractivity contribution in [2.75, 3.05) is 6.61 Å². The van der Waals surface area contributed by atoms with Gasteiger partial charge in [-0.1, -0.05) is 6.58 Å². The van der Waals surface area contributed by atoms with Crippen LogP contribution in [0.2, 0.25) is 45.3 Å². The fourth-order valence-electron chi connectivity index (χ4n) is 2.30. The number of carbonyl (C=O) groups excluding carboxylic acids is 1. The van der Waals surface area contributed by atoms with E-state index in [1.165, 1.54) is 0 Å². The highest BCUT2D eigenvalue weighted by Gasteiger charge is 2.37. The van der Waals surface area contributed by atoms with Gasteiger partial charge in [0.25, 0.3) is 0 Å². The van der Waals surface area contributed by atoms with Crippen molar-refractivity contribution < 1.29 is 28.0 Å². The molecule has 0 saturated heterocycles. The summed E-state index contributed by atoms with van der Waals surface area (Å²) in [5.74, 6) is -0.611. The molecule has 0 rings (SSSR count). The molecule has 0 bridgehead atoms. The highest BCUT2D eigenvalue weighted by atomic mass is 28.4. The number of ether oxygens (including phenoxy) is 1. The molecule has 0 aromatic heterocycles. The van der Waals surface area contributed by atoms with Crippen LogP contribution in [-0.2, 0) is 17.8 Å². The van der Waals surface area contributed by atoms with Gasteiger partial charge in [-0.15, -0.1) is 0 Å².